The van der Waals surface area contributed by atoms with Gasteiger partial charge in [0.15, 0.2) is 0 Å². The fourth-order valence-electron chi connectivity index (χ4n) is 3.09. The predicted molar refractivity (Wildman–Crippen MR) is 100 cm³/mol. The second-order valence-corrected chi connectivity index (χ2v) is 7.89. The topological polar surface area (TPSA) is 51.1 Å². The van der Waals surface area contributed by atoms with Gasteiger partial charge in [0.05, 0.1) is 4.90 Å². The summed E-state index contributed by atoms with van der Waals surface area (Å²) < 4.78 is 30.0. The quantitative estimate of drug-likeness (QED) is 0.756. The Labute approximate surface area is 149 Å². The lowest BCUT2D eigenvalue weighted by atomic mass is 10.2. The summed E-state index contributed by atoms with van der Waals surface area (Å²) in [5.41, 5.74) is 4.90. The molecule has 4 nitrogen and oxygen atoms in total. The van der Waals surface area contributed by atoms with Crippen LogP contribution in [0.25, 0.3) is 5.69 Å². The largest absolute Gasteiger partial charge is 0.318 e. The van der Waals surface area contributed by atoms with Gasteiger partial charge in [-0.05, 0) is 56.2 Å². The van der Waals surface area contributed by atoms with Crippen molar-refractivity contribution in [1.29, 1.82) is 0 Å². The number of benzene rings is 2. The van der Waals surface area contributed by atoms with Crippen LogP contribution in [-0.4, -0.2) is 13.0 Å². The van der Waals surface area contributed by atoms with Crippen molar-refractivity contribution in [2.45, 2.75) is 32.2 Å². The fourth-order valence-corrected chi connectivity index (χ4v) is 4.34. The minimum absolute atomic E-state index is 0.267. The zero-order valence-electron chi connectivity index (χ0n) is 14.7. The van der Waals surface area contributed by atoms with E-state index in [1.807, 2.05) is 56.3 Å². The third kappa shape index (κ3) is 3.52. The molecule has 1 aromatic heterocycles. The molecule has 0 saturated carbocycles. The molecule has 0 fully saturated rings. The molecule has 0 aliphatic carbocycles. The summed E-state index contributed by atoms with van der Waals surface area (Å²) in [4.78, 5) is 0.326. The van der Waals surface area contributed by atoms with Crippen molar-refractivity contribution < 1.29 is 8.42 Å². The van der Waals surface area contributed by atoms with Crippen molar-refractivity contribution in [2.24, 2.45) is 0 Å². The van der Waals surface area contributed by atoms with Crippen molar-refractivity contribution in [3.63, 3.8) is 0 Å². The molecule has 25 heavy (non-hydrogen) atoms. The normalized spacial score (nSPS) is 11.6. The lowest BCUT2D eigenvalue weighted by molar-refractivity contribution is 0.580. The van der Waals surface area contributed by atoms with Crippen molar-refractivity contribution >= 4 is 10.0 Å². The second-order valence-electron chi connectivity index (χ2n) is 6.16. The van der Waals surface area contributed by atoms with E-state index in [0.717, 1.165) is 28.2 Å². The molecule has 0 saturated heterocycles. The van der Waals surface area contributed by atoms with Gasteiger partial charge in [0.2, 0.25) is 10.0 Å². The number of nitrogens with one attached hydrogen (secondary N) is 1. The monoisotopic (exact) mass is 354 g/mol. The van der Waals surface area contributed by atoms with E-state index < -0.39 is 10.0 Å². The Balaban J connectivity index is 1.87. The van der Waals surface area contributed by atoms with Gasteiger partial charge >= 0.3 is 0 Å². The van der Waals surface area contributed by atoms with E-state index in [9.17, 15) is 8.42 Å². The molecule has 0 unspecified atom stereocenters. The summed E-state index contributed by atoms with van der Waals surface area (Å²) in [7, 11) is -3.53. The minimum Gasteiger partial charge on any atom is -0.318 e. The molecule has 0 aliphatic rings. The third-order valence-electron chi connectivity index (χ3n) is 4.39. The summed E-state index contributed by atoms with van der Waals surface area (Å²) in [6, 6.07) is 19.1. The van der Waals surface area contributed by atoms with Gasteiger partial charge in [-0.1, -0.05) is 36.4 Å². The molecule has 130 valence electrons. The highest BCUT2D eigenvalue weighted by molar-refractivity contribution is 7.89. The molecule has 3 rings (SSSR count). The molecule has 3 aromatic rings. The third-order valence-corrected chi connectivity index (χ3v) is 5.95. The Morgan fingerprint density at radius 2 is 1.56 bits per heavy atom. The van der Waals surface area contributed by atoms with Crippen molar-refractivity contribution in [2.75, 3.05) is 0 Å². The number of nitrogens with zero attached hydrogens (tertiary/aromatic N) is 1. The molecule has 0 atom stereocenters. The standard InChI is InChI=1S/C20H22N2O2S/c1-15-9-7-8-12-20(15)25(23,24)21-14-18-13-16(2)22(17(18)3)19-10-5-4-6-11-19/h4-13,21H,14H2,1-3H3. The van der Waals surface area contributed by atoms with Gasteiger partial charge in [-0.3, -0.25) is 0 Å². The van der Waals surface area contributed by atoms with Crippen LogP contribution in [0.2, 0.25) is 0 Å². The van der Waals surface area contributed by atoms with Crippen LogP contribution in [0.15, 0.2) is 65.6 Å². The average Bonchev–Trinajstić information content (AvgIpc) is 2.88. The molecule has 0 radical (unpaired) electrons. The van der Waals surface area contributed by atoms with Crippen LogP contribution < -0.4 is 4.72 Å². The highest BCUT2D eigenvalue weighted by atomic mass is 32.2. The summed E-state index contributed by atoms with van der Waals surface area (Å²) in [5, 5.41) is 0. The molecular formula is C20H22N2O2S. The summed E-state index contributed by atoms with van der Waals surface area (Å²) in [5.74, 6) is 0. The Kier molecular flexibility index (Phi) is 4.79. The van der Waals surface area contributed by atoms with E-state index in [1.54, 1.807) is 25.1 Å². The highest BCUT2D eigenvalue weighted by Gasteiger charge is 2.18. The molecule has 0 amide bonds. The van der Waals surface area contributed by atoms with Crippen LogP contribution in [0, 0.1) is 20.8 Å². The van der Waals surface area contributed by atoms with Crippen LogP contribution in [0.4, 0.5) is 0 Å². The van der Waals surface area contributed by atoms with Gasteiger partial charge in [0.1, 0.15) is 0 Å². The SMILES string of the molecule is Cc1ccccc1S(=O)(=O)NCc1cc(C)n(-c2ccccc2)c1C. The van der Waals surface area contributed by atoms with E-state index in [1.165, 1.54) is 0 Å². The first-order valence-electron chi connectivity index (χ1n) is 8.18. The van der Waals surface area contributed by atoms with E-state index in [2.05, 4.69) is 9.29 Å². The van der Waals surface area contributed by atoms with Crippen molar-refractivity contribution in [3.05, 3.63) is 83.2 Å². The number of hydrogen-bond acceptors (Lipinski definition) is 2. The minimum atomic E-state index is -3.53. The number of aromatic nitrogens is 1. The Morgan fingerprint density at radius 1 is 0.920 bits per heavy atom. The molecular weight excluding hydrogens is 332 g/mol. The average molecular weight is 354 g/mol. The molecule has 5 heteroatoms. The number of aryl methyl sites for hydroxylation is 2. The summed E-state index contributed by atoms with van der Waals surface area (Å²) >= 11 is 0. The number of rotatable bonds is 5. The zero-order valence-corrected chi connectivity index (χ0v) is 15.5. The first kappa shape index (κ1) is 17.5. The molecule has 2 aromatic carbocycles. The molecule has 1 heterocycles. The smallest absolute Gasteiger partial charge is 0.241 e. The van der Waals surface area contributed by atoms with E-state index in [4.69, 9.17) is 0 Å². The Bertz CT molecular complexity index is 990. The first-order valence-corrected chi connectivity index (χ1v) is 9.67. The molecule has 0 spiro atoms. The number of hydrogen-bond donors (Lipinski definition) is 1. The lowest BCUT2D eigenvalue weighted by Gasteiger charge is -2.11. The summed E-state index contributed by atoms with van der Waals surface area (Å²) in [6.07, 6.45) is 0. The predicted octanol–water partition coefficient (Wildman–Crippen LogP) is 3.88. The van der Waals surface area contributed by atoms with Crippen LogP contribution in [0.3, 0.4) is 0 Å². The van der Waals surface area contributed by atoms with Gasteiger partial charge in [-0.15, -0.1) is 0 Å². The van der Waals surface area contributed by atoms with Gasteiger partial charge in [-0.2, -0.15) is 0 Å². The first-order chi connectivity index (χ1) is 11.9. The van der Waals surface area contributed by atoms with Crippen LogP contribution >= 0.6 is 0 Å². The lowest BCUT2D eigenvalue weighted by Crippen LogP contribution is -2.24. The maximum atomic E-state index is 12.6. The van der Waals surface area contributed by atoms with Gasteiger partial charge < -0.3 is 4.57 Å². The van der Waals surface area contributed by atoms with Crippen LogP contribution in [0.1, 0.15) is 22.5 Å². The van der Waals surface area contributed by atoms with E-state index >= 15 is 0 Å². The zero-order chi connectivity index (χ0) is 18.0. The van der Waals surface area contributed by atoms with Crippen LogP contribution in [-0.2, 0) is 16.6 Å². The fraction of sp³-hybridized carbons (Fsp3) is 0.200. The Morgan fingerprint density at radius 3 is 2.24 bits per heavy atom. The maximum Gasteiger partial charge on any atom is 0.241 e. The maximum absolute atomic E-state index is 12.6. The van der Waals surface area contributed by atoms with E-state index in [-0.39, 0.29) is 6.54 Å². The number of sulfonamides is 1. The Hall–Kier alpha value is -2.37. The van der Waals surface area contributed by atoms with Gasteiger partial charge in [-0.25, -0.2) is 13.1 Å². The molecule has 0 bridgehead atoms. The van der Waals surface area contributed by atoms with Crippen molar-refractivity contribution in [3.8, 4) is 5.69 Å². The number of para-hydroxylation sites is 1. The summed E-state index contributed by atoms with van der Waals surface area (Å²) in [6.45, 7) is 6.11. The van der Waals surface area contributed by atoms with Gasteiger partial charge in [0, 0.05) is 23.6 Å². The van der Waals surface area contributed by atoms with E-state index in [0.29, 0.717) is 4.90 Å². The van der Waals surface area contributed by atoms with Crippen LogP contribution in [0.5, 0.6) is 0 Å². The second kappa shape index (κ2) is 6.86. The molecule has 1 N–H and O–H groups in total. The van der Waals surface area contributed by atoms with Crippen molar-refractivity contribution in [1.82, 2.24) is 9.29 Å². The molecule has 0 aliphatic heterocycles. The van der Waals surface area contributed by atoms with Gasteiger partial charge in [0.25, 0.3) is 0 Å². The highest BCUT2D eigenvalue weighted by Crippen LogP contribution is 2.21.